The number of ether oxygens (including phenoxy) is 2. The zero-order chi connectivity index (χ0) is 21.4. The van der Waals surface area contributed by atoms with Gasteiger partial charge in [-0.3, -0.25) is 14.5 Å². The fourth-order valence-corrected chi connectivity index (χ4v) is 4.44. The first-order valence-corrected chi connectivity index (χ1v) is 10.3. The smallest absolute Gasteiger partial charge is 0.264 e. The topological polar surface area (TPSA) is 62.3 Å². The molecule has 2 aromatic rings. The van der Waals surface area contributed by atoms with E-state index in [0.29, 0.717) is 34.9 Å². The first-order chi connectivity index (χ1) is 14.6. The van der Waals surface area contributed by atoms with Crippen molar-refractivity contribution in [1.29, 1.82) is 0 Å². The highest BCUT2D eigenvalue weighted by molar-refractivity contribution is 6.18. The van der Waals surface area contributed by atoms with E-state index in [1.165, 1.54) is 7.11 Å². The van der Waals surface area contributed by atoms with Crippen molar-refractivity contribution in [2.75, 3.05) is 45.3 Å². The highest BCUT2D eigenvalue weighted by atomic mass is 16.5. The molecule has 2 aromatic carbocycles. The van der Waals surface area contributed by atoms with Gasteiger partial charge in [0.15, 0.2) is 11.5 Å². The number of amides is 2. The van der Waals surface area contributed by atoms with Crippen molar-refractivity contribution >= 4 is 17.5 Å². The SMILES string of the molecule is CCN(CC)CCN1C(=O)c2ccccc2N2C(=O)c3c(ccc(OC)c3OC)[C@H]12. The minimum Gasteiger partial charge on any atom is -0.493 e. The summed E-state index contributed by atoms with van der Waals surface area (Å²) < 4.78 is 11.0. The standard InChI is InChI=1S/C23H27N3O4/c1-5-24(6-2)13-14-25-21-16-11-12-18(29-3)20(30-4)19(16)23(28)26(21)17-10-8-7-9-15(17)22(25)27/h7-12,21H,5-6,13-14H2,1-4H3/t21-/m1/s1. The van der Waals surface area contributed by atoms with E-state index in [2.05, 4.69) is 18.7 Å². The molecule has 0 fully saturated rings. The van der Waals surface area contributed by atoms with Crippen LogP contribution in [0.2, 0.25) is 0 Å². The summed E-state index contributed by atoms with van der Waals surface area (Å²) in [5.41, 5.74) is 2.40. The number of methoxy groups -OCH3 is 2. The summed E-state index contributed by atoms with van der Waals surface area (Å²) >= 11 is 0. The number of fused-ring (bicyclic) bond motifs is 5. The van der Waals surface area contributed by atoms with Crippen LogP contribution in [-0.4, -0.2) is 62.0 Å². The van der Waals surface area contributed by atoms with Gasteiger partial charge >= 0.3 is 0 Å². The van der Waals surface area contributed by atoms with Gasteiger partial charge in [0, 0.05) is 18.7 Å². The summed E-state index contributed by atoms with van der Waals surface area (Å²) in [6.07, 6.45) is -0.495. The largest absolute Gasteiger partial charge is 0.493 e. The van der Waals surface area contributed by atoms with E-state index in [4.69, 9.17) is 9.47 Å². The predicted octanol–water partition coefficient (Wildman–Crippen LogP) is 3.16. The molecule has 0 unspecified atom stereocenters. The van der Waals surface area contributed by atoms with Gasteiger partial charge in [-0.05, 0) is 31.3 Å². The normalized spacial score (nSPS) is 17.2. The van der Waals surface area contributed by atoms with E-state index in [1.54, 1.807) is 29.0 Å². The number of carbonyl (C=O) groups excluding carboxylic acids is 2. The minimum absolute atomic E-state index is 0.0607. The maximum absolute atomic E-state index is 13.6. The van der Waals surface area contributed by atoms with Gasteiger partial charge in [-0.25, -0.2) is 0 Å². The van der Waals surface area contributed by atoms with Crippen molar-refractivity contribution in [1.82, 2.24) is 9.80 Å². The van der Waals surface area contributed by atoms with Crippen LogP contribution in [0, 0.1) is 0 Å². The summed E-state index contributed by atoms with van der Waals surface area (Å²) in [6.45, 7) is 7.29. The average molecular weight is 409 g/mol. The number of nitrogens with zero attached hydrogens (tertiary/aromatic N) is 3. The van der Waals surface area contributed by atoms with Crippen LogP contribution in [0.4, 0.5) is 5.69 Å². The molecule has 0 aliphatic carbocycles. The second-order valence-corrected chi connectivity index (χ2v) is 7.36. The molecule has 7 heteroatoms. The van der Waals surface area contributed by atoms with Crippen molar-refractivity contribution in [2.24, 2.45) is 0 Å². The molecule has 2 aliphatic rings. The van der Waals surface area contributed by atoms with Crippen LogP contribution in [0.3, 0.4) is 0 Å². The maximum atomic E-state index is 13.6. The van der Waals surface area contributed by atoms with E-state index >= 15 is 0 Å². The van der Waals surface area contributed by atoms with Crippen LogP contribution < -0.4 is 14.4 Å². The lowest BCUT2D eigenvalue weighted by Crippen LogP contribution is -2.50. The Morgan fingerprint density at radius 3 is 2.37 bits per heavy atom. The van der Waals surface area contributed by atoms with Gasteiger partial charge in [-0.1, -0.05) is 32.0 Å². The molecule has 0 radical (unpaired) electrons. The zero-order valence-electron chi connectivity index (χ0n) is 17.8. The molecule has 1 atom stereocenters. The molecule has 0 spiro atoms. The number of hydrogen-bond donors (Lipinski definition) is 0. The number of para-hydroxylation sites is 1. The molecule has 30 heavy (non-hydrogen) atoms. The van der Waals surface area contributed by atoms with Crippen molar-refractivity contribution < 1.29 is 19.1 Å². The molecule has 4 rings (SSSR count). The molecule has 0 bridgehead atoms. The molecule has 158 valence electrons. The second-order valence-electron chi connectivity index (χ2n) is 7.36. The molecule has 0 aromatic heterocycles. The number of anilines is 1. The number of likely N-dealkylation sites (N-methyl/N-ethyl adjacent to an activating group) is 1. The lowest BCUT2D eigenvalue weighted by Gasteiger charge is -2.41. The fourth-order valence-electron chi connectivity index (χ4n) is 4.44. The van der Waals surface area contributed by atoms with E-state index in [-0.39, 0.29) is 11.8 Å². The maximum Gasteiger partial charge on any atom is 0.264 e. The van der Waals surface area contributed by atoms with Crippen molar-refractivity contribution in [2.45, 2.75) is 20.0 Å². The number of carbonyl (C=O) groups is 2. The van der Waals surface area contributed by atoms with E-state index in [1.807, 2.05) is 24.3 Å². The average Bonchev–Trinajstić information content (AvgIpc) is 3.08. The first kappa shape index (κ1) is 20.2. The molecule has 0 saturated heterocycles. The third-order valence-corrected chi connectivity index (χ3v) is 6.03. The second kappa shape index (κ2) is 7.99. The summed E-state index contributed by atoms with van der Waals surface area (Å²) in [6, 6.07) is 11.0. The van der Waals surface area contributed by atoms with Crippen LogP contribution in [-0.2, 0) is 0 Å². The lowest BCUT2D eigenvalue weighted by molar-refractivity contribution is 0.0623. The quantitative estimate of drug-likeness (QED) is 0.703. The van der Waals surface area contributed by atoms with E-state index in [0.717, 1.165) is 25.2 Å². The van der Waals surface area contributed by atoms with Crippen molar-refractivity contribution in [3.63, 3.8) is 0 Å². The van der Waals surface area contributed by atoms with Gasteiger partial charge in [0.05, 0.1) is 31.0 Å². The van der Waals surface area contributed by atoms with Crippen LogP contribution in [0.1, 0.15) is 46.3 Å². The third-order valence-electron chi connectivity index (χ3n) is 6.03. The Bertz CT molecular complexity index is 986. The Hall–Kier alpha value is -3.06. The number of rotatable bonds is 7. The Balaban J connectivity index is 1.86. The van der Waals surface area contributed by atoms with Gasteiger partial charge in [0.1, 0.15) is 6.17 Å². The third kappa shape index (κ3) is 2.92. The minimum atomic E-state index is -0.495. The van der Waals surface area contributed by atoms with Gasteiger partial charge in [-0.15, -0.1) is 0 Å². The number of benzene rings is 2. The van der Waals surface area contributed by atoms with Gasteiger partial charge in [-0.2, -0.15) is 0 Å². The molecule has 2 amide bonds. The molecule has 0 saturated carbocycles. The van der Waals surface area contributed by atoms with E-state index in [9.17, 15) is 9.59 Å². The monoisotopic (exact) mass is 409 g/mol. The zero-order valence-corrected chi connectivity index (χ0v) is 17.8. The van der Waals surface area contributed by atoms with Crippen LogP contribution in [0.5, 0.6) is 11.5 Å². The number of hydrogen-bond acceptors (Lipinski definition) is 5. The Morgan fingerprint density at radius 2 is 1.70 bits per heavy atom. The van der Waals surface area contributed by atoms with Gasteiger partial charge in [0.2, 0.25) is 0 Å². The Labute approximate surface area is 176 Å². The fraction of sp³-hybridized carbons (Fsp3) is 0.391. The Kier molecular flexibility index (Phi) is 5.39. The molecule has 2 heterocycles. The van der Waals surface area contributed by atoms with Crippen molar-refractivity contribution in [3.8, 4) is 11.5 Å². The van der Waals surface area contributed by atoms with Gasteiger partial charge < -0.3 is 19.3 Å². The summed E-state index contributed by atoms with van der Waals surface area (Å²) in [4.78, 5) is 32.8. The molecular formula is C23H27N3O4. The highest BCUT2D eigenvalue weighted by Gasteiger charge is 2.49. The van der Waals surface area contributed by atoms with Crippen LogP contribution in [0.15, 0.2) is 36.4 Å². The van der Waals surface area contributed by atoms with Crippen LogP contribution >= 0.6 is 0 Å². The lowest BCUT2D eigenvalue weighted by atomic mass is 10.0. The molecule has 7 nitrogen and oxygen atoms in total. The summed E-state index contributed by atoms with van der Waals surface area (Å²) in [7, 11) is 3.08. The predicted molar refractivity (Wildman–Crippen MR) is 114 cm³/mol. The first-order valence-electron chi connectivity index (χ1n) is 10.3. The Morgan fingerprint density at radius 1 is 0.967 bits per heavy atom. The highest BCUT2D eigenvalue weighted by Crippen LogP contribution is 2.49. The molecule has 2 aliphatic heterocycles. The van der Waals surface area contributed by atoms with E-state index < -0.39 is 6.17 Å². The van der Waals surface area contributed by atoms with Gasteiger partial charge in [0.25, 0.3) is 11.8 Å². The summed E-state index contributed by atoms with van der Waals surface area (Å²) in [5, 5.41) is 0. The van der Waals surface area contributed by atoms with Crippen LogP contribution in [0.25, 0.3) is 0 Å². The summed E-state index contributed by atoms with van der Waals surface area (Å²) in [5.74, 6) is 0.662. The van der Waals surface area contributed by atoms with Crippen molar-refractivity contribution in [3.05, 3.63) is 53.1 Å². The molecular weight excluding hydrogens is 382 g/mol. The molecule has 0 N–H and O–H groups in total.